The molecule has 0 bridgehead atoms. The molecule has 1 unspecified atom stereocenters. The normalized spacial score (nSPS) is 18.6. The Bertz CT molecular complexity index is 1290. The van der Waals surface area contributed by atoms with Gasteiger partial charge in [-0.1, -0.05) is 24.3 Å². The van der Waals surface area contributed by atoms with Crippen LogP contribution in [0.15, 0.2) is 71.9 Å². The minimum absolute atomic E-state index is 0.0178. The summed E-state index contributed by atoms with van der Waals surface area (Å²) in [4.78, 5) is 23.7. The molecule has 1 aromatic heterocycles. The van der Waals surface area contributed by atoms with Gasteiger partial charge in [0, 0.05) is 38.5 Å². The third-order valence-corrected chi connectivity index (χ3v) is 7.48. The summed E-state index contributed by atoms with van der Waals surface area (Å²) >= 11 is 0. The lowest BCUT2D eigenvalue weighted by Gasteiger charge is -2.33. The molecular formula is C25H31N3O5S. The van der Waals surface area contributed by atoms with Crippen LogP contribution in [0.5, 0.6) is 0 Å². The molecule has 8 nitrogen and oxygen atoms in total. The molecule has 34 heavy (non-hydrogen) atoms. The van der Waals surface area contributed by atoms with Crippen molar-refractivity contribution >= 4 is 27.5 Å². The Kier molecular flexibility index (Phi) is 6.65. The van der Waals surface area contributed by atoms with Crippen LogP contribution in [0.2, 0.25) is 0 Å². The molecule has 2 amide bonds. The molecule has 1 N–H and O–H groups in total. The van der Waals surface area contributed by atoms with Crippen LogP contribution >= 0.6 is 0 Å². The Hall–Kier alpha value is -3.33. The van der Waals surface area contributed by atoms with Crippen molar-refractivity contribution in [2.75, 3.05) is 12.4 Å². The van der Waals surface area contributed by atoms with Crippen molar-refractivity contribution in [2.24, 2.45) is 0 Å². The van der Waals surface area contributed by atoms with Crippen molar-refractivity contribution in [3.05, 3.63) is 72.6 Å². The molecule has 0 spiro atoms. The number of benzene rings is 1. The zero-order valence-corrected chi connectivity index (χ0v) is 20.8. The summed E-state index contributed by atoms with van der Waals surface area (Å²) in [5.74, 6) is -0.313. The smallest absolute Gasteiger partial charge is 0.410 e. The van der Waals surface area contributed by atoms with Crippen LogP contribution in [0.1, 0.15) is 41.0 Å². The summed E-state index contributed by atoms with van der Waals surface area (Å²) in [6, 6.07) is 7.86. The third kappa shape index (κ3) is 5.41. The largest absolute Gasteiger partial charge is 0.444 e. The number of nitrogens with zero attached hydrogens (tertiary/aromatic N) is 2. The van der Waals surface area contributed by atoms with Crippen LogP contribution in [-0.2, 0) is 30.8 Å². The Morgan fingerprint density at radius 1 is 1.29 bits per heavy atom. The van der Waals surface area contributed by atoms with E-state index in [1.165, 1.54) is 30.0 Å². The highest BCUT2D eigenvalue weighted by Crippen LogP contribution is 2.38. The summed E-state index contributed by atoms with van der Waals surface area (Å²) in [6.45, 7) is 6.91. The van der Waals surface area contributed by atoms with Crippen molar-refractivity contribution < 1.29 is 24.1 Å². The van der Waals surface area contributed by atoms with E-state index in [4.69, 9.17) is 6.11 Å². The first-order chi connectivity index (χ1) is 16.2. The van der Waals surface area contributed by atoms with Gasteiger partial charge in [-0.3, -0.25) is 4.79 Å². The third-order valence-electron chi connectivity index (χ3n) is 5.18. The van der Waals surface area contributed by atoms with Crippen LogP contribution < -0.4 is 5.32 Å². The number of nitrogens with one attached hydrogen (secondary N) is 1. The van der Waals surface area contributed by atoms with Gasteiger partial charge < -0.3 is 19.5 Å². The van der Waals surface area contributed by atoms with Gasteiger partial charge in [0.1, 0.15) is 5.60 Å². The lowest BCUT2D eigenvalue weighted by Crippen LogP contribution is -2.40. The molecule has 0 radical (unpaired) electrons. The highest BCUT2D eigenvalue weighted by Gasteiger charge is 2.44. The topological polar surface area (TPSA) is 97.7 Å². The van der Waals surface area contributed by atoms with Gasteiger partial charge in [-0.25, -0.2) is 13.2 Å². The molecular weight excluding hydrogens is 454 g/mol. The molecule has 1 aliphatic rings. The average molecular weight is 487 g/mol. The maximum atomic E-state index is 14.0. The van der Waals surface area contributed by atoms with Crippen molar-refractivity contribution in [2.45, 2.75) is 56.0 Å². The summed E-state index contributed by atoms with van der Waals surface area (Å²) in [5.41, 5.74) is 0.432. The van der Waals surface area contributed by atoms with Gasteiger partial charge in [-0.05, 0) is 56.7 Å². The van der Waals surface area contributed by atoms with Crippen LogP contribution in [0, 0.1) is 0 Å². The summed E-state index contributed by atoms with van der Waals surface area (Å²) in [7, 11) is -2.46. The van der Waals surface area contributed by atoms with E-state index >= 15 is 0 Å². The monoisotopic (exact) mass is 486 g/mol. The Morgan fingerprint density at radius 2 is 2.03 bits per heavy atom. The molecule has 0 fully saturated rings. The second-order valence-corrected chi connectivity index (χ2v) is 11.4. The molecule has 1 heterocycles. The van der Waals surface area contributed by atoms with Crippen molar-refractivity contribution in [1.82, 2.24) is 9.47 Å². The van der Waals surface area contributed by atoms with Gasteiger partial charge in [0.05, 0.1) is 12.8 Å². The van der Waals surface area contributed by atoms with Gasteiger partial charge >= 0.3 is 6.09 Å². The number of allylic oxidation sites excluding steroid dienone is 3. The Morgan fingerprint density at radius 3 is 2.68 bits per heavy atom. The second-order valence-electron chi connectivity index (χ2n) is 9.24. The predicted molar refractivity (Wildman–Crippen MR) is 131 cm³/mol. The first-order valence-corrected chi connectivity index (χ1v) is 12.3. The molecule has 0 saturated carbocycles. The van der Waals surface area contributed by atoms with Gasteiger partial charge in [0.2, 0.25) is 15.7 Å². The van der Waals surface area contributed by atoms with E-state index in [9.17, 15) is 18.0 Å². The van der Waals surface area contributed by atoms with E-state index < -0.39 is 26.4 Å². The van der Waals surface area contributed by atoms with Gasteiger partial charge in [0.25, 0.3) is 0 Å². The maximum Gasteiger partial charge on any atom is 0.410 e. The van der Waals surface area contributed by atoms with Crippen LogP contribution in [0.3, 0.4) is 0 Å². The average Bonchev–Trinajstić information content (AvgIpc) is 3.21. The zero-order valence-electron chi connectivity index (χ0n) is 21.0. The molecule has 0 saturated heterocycles. The van der Waals surface area contributed by atoms with Gasteiger partial charge in [-0.2, -0.15) is 0 Å². The highest BCUT2D eigenvalue weighted by molar-refractivity contribution is 7.92. The van der Waals surface area contributed by atoms with E-state index in [0.717, 1.165) is 0 Å². The van der Waals surface area contributed by atoms with E-state index in [-0.39, 0.29) is 29.8 Å². The van der Waals surface area contributed by atoms with E-state index in [2.05, 4.69) is 5.32 Å². The molecule has 3 rings (SSSR count). The van der Waals surface area contributed by atoms with Crippen molar-refractivity contribution in [3.63, 3.8) is 0 Å². The summed E-state index contributed by atoms with van der Waals surface area (Å²) in [5, 5.41) is 2.61. The Labute approximate surface area is 202 Å². The first-order valence-electron chi connectivity index (χ1n) is 11.3. The lowest BCUT2D eigenvalue weighted by atomic mass is 10.1. The molecule has 1 aliphatic carbocycles. The SMILES string of the molecule is [2H]C1=CC(n2ccc(CN(C)C(=O)OC(C)(C)C)c2)(S(=O)(=O)c2cccc(NC(C)=O)c2)CC=C1. The fraction of sp³-hybridized carbons (Fsp3) is 0.360. The van der Waals surface area contributed by atoms with Gasteiger partial charge in [0.15, 0.2) is 4.87 Å². The standard InChI is InChI=1S/C25H31N3O5S/c1-19(29)26-21-10-9-11-22(16-21)34(31,32)25(13-7-6-8-14-25)28-15-12-20(18-28)17-27(5)23(30)33-24(2,3)4/h6-13,15-16,18H,14,17H2,1-5H3,(H,26,29)/i7D. The summed E-state index contributed by atoms with van der Waals surface area (Å²) in [6.07, 6.45) is 7.55. The number of ether oxygens (including phenoxy) is 1. The molecule has 9 heteroatoms. The number of aromatic nitrogens is 1. The lowest BCUT2D eigenvalue weighted by molar-refractivity contribution is -0.114. The number of anilines is 1. The molecule has 182 valence electrons. The minimum atomic E-state index is -4.06. The van der Waals surface area contributed by atoms with Crippen molar-refractivity contribution in [1.29, 1.82) is 0 Å². The first kappa shape index (κ1) is 23.8. The van der Waals surface area contributed by atoms with Crippen LogP contribution in [-0.4, -0.2) is 42.5 Å². The number of rotatable bonds is 6. The number of carbonyl (C=O) groups is 2. The zero-order chi connectivity index (χ0) is 26.0. The quantitative estimate of drug-likeness (QED) is 0.650. The number of sulfone groups is 1. The number of hydrogen-bond acceptors (Lipinski definition) is 5. The predicted octanol–water partition coefficient (Wildman–Crippen LogP) is 4.46. The number of hydrogen-bond donors (Lipinski definition) is 1. The maximum absolute atomic E-state index is 14.0. The number of amides is 2. The van der Waals surface area contributed by atoms with Gasteiger partial charge in [-0.15, -0.1) is 0 Å². The molecule has 1 atom stereocenters. The fourth-order valence-electron chi connectivity index (χ4n) is 3.64. The minimum Gasteiger partial charge on any atom is -0.444 e. The molecule has 1 aromatic carbocycles. The molecule has 2 aromatic rings. The van der Waals surface area contributed by atoms with Crippen LogP contribution in [0.4, 0.5) is 10.5 Å². The molecule has 0 aliphatic heterocycles. The fourth-order valence-corrected chi connectivity index (χ4v) is 5.51. The van der Waals surface area contributed by atoms with Crippen LogP contribution in [0.25, 0.3) is 0 Å². The van der Waals surface area contributed by atoms with E-state index in [0.29, 0.717) is 11.3 Å². The summed E-state index contributed by atoms with van der Waals surface area (Å²) < 4.78 is 43.2. The Balaban J connectivity index is 2.00. The van der Waals surface area contributed by atoms with E-state index in [1.807, 2.05) is 0 Å². The second kappa shape index (κ2) is 9.50. The van der Waals surface area contributed by atoms with E-state index in [1.54, 1.807) is 75.1 Å². The number of carbonyl (C=O) groups excluding carboxylic acids is 2. The van der Waals surface area contributed by atoms with Crippen molar-refractivity contribution in [3.8, 4) is 0 Å². The highest BCUT2D eigenvalue weighted by atomic mass is 32.2.